The molecule has 4 nitrogen and oxygen atoms in total. The highest BCUT2D eigenvalue weighted by Gasteiger charge is 2.33. The van der Waals surface area contributed by atoms with E-state index in [0.717, 1.165) is 51.4 Å². The van der Waals surface area contributed by atoms with Gasteiger partial charge in [-0.05, 0) is 19.3 Å². The smallest absolute Gasteiger partial charge is 0.311 e. The lowest BCUT2D eigenvalue weighted by Gasteiger charge is -2.18. The molecule has 0 bridgehead atoms. The molecule has 0 atom stereocenters. The van der Waals surface area contributed by atoms with E-state index in [1.165, 1.54) is 38.5 Å². The number of rotatable bonds is 17. The number of ketones is 2. The van der Waals surface area contributed by atoms with E-state index < -0.39 is 5.97 Å². The van der Waals surface area contributed by atoms with E-state index in [1.54, 1.807) is 30.3 Å². The van der Waals surface area contributed by atoms with Gasteiger partial charge in [-0.3, -0.25) is 14.4 Å². The number of carbonyl (C=O) groups is 3. The van der Waals surface area contributed by atoms with Crippen molar-refractivity contribution in [2.24, 2.45) is 0 Å². The molecule has 2 rings (SSSR count). The van der Waals surface area contributed by atoms with Crippen LogP contribution in [0.25, 0.3) is 0 Å². The molecule has 0 N–H and O–H groups in total. The molecule has 34 heavy (non-hydrogen) atoms. The first-order chi connectivity index (χ1) is 16.6. The van der Waals surface area contributed by atoms with Crippen LogP contribution < -0.4 is 0 Å². The number of hydrogen-bond donors (Lipinski definition) is 0. The zero-order valence-corrected chi connectivity index (χ0v) is 21.2. The van der Waals surface area contributed by atoms with E-state index in [9.17, 15) is 14.4 Å². The maximum Gasteiger partial charge on any atom is 0.311 e. The maximum absolute atomic E-state index is 13.1. The van der Waals surface area contributed by atoms with E-state index in [0.29, 0.717) is 11.1 Å². The van der Waals surface area contributed by atoms with Gasteiger partial charge in [0, 0.05) is 17.5 Å². The lowest BCUT2D eigenvalue weighted by atomic mass is 9.87. The number of benzene rings is 1. The first kappa shape index (κ1) is 27.8. The van der Waals surface area contributed by atoms with Crippen molar-refractivity contribution in [3.8, 4) is 0 Å². The van der Waals surface area contributed by atoms with Crippen molar-refractivity contribution in [3.05, 3.63) is 58.9 Å². The summed E-state index contributed by atoms with van der Waals surface area (Å²) in [6.45, 7) is 4.37. The van der Waals surface area contributed by atoms with Gasteiger partial charge in [0.15, 0.2) is 11.5 Å². The van der Waals surface area contributed by atoms with E-state index in [-0.39, 0.29) is 29.3 Å². The largest absolute Gasteiger partial charge is 0.421 e. The minimum Gasteiger partial charge on any atom is -0.421 e. The van der Waals surface area contributed by atoms with E-state index in [4.69, 9.17) is 4.74 Å². The maximum atomic E-state index is 13.1. The van der Waals surface area contributed by atoms with Gasteiger partial charge in [0.05, 0.1) is 5.57 Å². The number of unbranched alkanes of at least 4 members (excludes halogenated alkanes) is 12. The molecule has 1 aliphatic carbocycles. The summed E-state index contributed by atoms with van der Waals surface area (Å²) in [6, 6.07) is 6.75. The van der Waals surface area contributed by atoms with Crippen LogP contribution in [0.5, 0.6) is 0 Å². The molecule has 0 aromatic heterocycles. The molecule has 0 heterocycles. The summed E-state index contributed by atoms with van der Waals surface area (Å²) >= 11 is 0. The van der Waals surface area contributed by atoms with E-state index in [2.05, 4.69) is 13.8 Å². The van der Waals surface area contributed by atoms with Crippen LogP contribution in [-0.2, 0) is 9.53 Å². The zero-order valence-electron chi connectivity index (χ0n) is 21.2. The Labute approximate surface area is 205 Å². The molecule has 1 aromatic rings. The van der Waals surface area contributed by atoms with E-state index >= 15 is 0 Å². The number of Topliss-reactive ketones (excluding diaryl/α,β-unsaturated/α-hetero) is 2. The highest BCUT2D eigenvalue weighted by molar-refractivity contribution is 6.27. The summed E-state index contributed by atoms with van der Waals surface area (Å²) in [7, 11) is 0. The SMILES string of the molecule is CCCCCCCCCCC=CC1=C(OC(=O)CCCCCCC)C(=O)c2ccccc2C1=O. The van der Waals surface area contributed by atoms with Gasteiger partial charge in [0.25, 0.3) is 0 Å². The van der Waals surface area contributed by atoms with Crippen molar-refractivity contribution < 1.29 is 19.1 Å². The molecule has 0 radical (unpaired) electrons. The van der Waals surface area contributed by atoms with Crippen molar-refractivity contribution in [1.29, 1.82) is 0 Å². The van der Waals surface area contributed by atoms with Crippen molar-refractivity contribution >= 4 is 17.5 Å². The normalized spacial score (nSPS) is 13.6. The van der Waals surface area contributed by atoms with Gasteiger partial charge in [0.2, 0.25) is 5.78 Å². The van der Waals surface area contributed by atoms with Gasteiger partial charge >= 0.3 is 5.97 Å². The summed E-state index contributed by atoms with van der Waals surface area (Å²) < 4.78 is 5.51. The minimum atomic E-state index is -0.444. The van der Waals surface area contributed by atoms with Crippen molar-refractivity contribution in [1.82, 2.24) is 0 Å². The summed E-state index contributed by atoms with van der Waals surface area (Å²) in [5.41, 5.74) is 0.875. The number of esters is 1. The highest BCUT2D eigenvalue weighted by Crippen LogP contribution is 2.28. The van der Waals surface area contributed by atoms with Gasteiger partial charge in [-0.25, -0.2) is 0 Å². The van der Waals surface area contributed by atoms with Crippen LogP contribution >= 0.6 is 0 Å². The molecule has 0 aliphatic heterocycles. The highest BCUT2D eigenvalue weighted by atomic mass is 16.5. The fraction of sp³-hybridized carbons (Fsp3) is 0.567. The minimum absolute atomic E-state index is 0.116. The molecular weight excluding hydrogens is 424 g/mol. The average molecular weight is 467 g/mol. The molecule has 186 valence electrons. The Bertz CT molecular complexity index is 862. The number of ether oxygens (including phenoxy) is 1. The summed E-state index contributed by atoms with van der Waals surface area (Å²) in [5, 5.41) is 0. The topological polar surface area (TPSA) is 60.4 Å². The summed E-state index contributed by atoms with van der Waals surface area (Å²) in [5.74, 6) is -1.20. The van der Waals surface area contributed by atoms with Gasteiger partial charge in [0.1, 0.15) is 0 Å². The van der Waals surface area contributed by atoms with Crippen LogP contribution in [0.1, 0.15) is 131 Å². The number of carbonyl (C=O) groups excluding carboxylic acids is 3. The number of hydrogen-bond acceptors (Lipinski definition) is 4. The van der Waals surface area contributed by atoms with Crippen molar-refractivity contribution in [3.63, 3.8) is 0 Å². The molecule has 0 unspecified atom stereocenters. The molecule has 0 saturated heterocycles. The van der Waals surface area contributed by atoms with Gasteiger partial charge < -0.3 is 4.74 Å². The Morgan fingerprint density at radius 3 is 1.88 bits per heavy atom. The molecule has 0 fully saturated rings. The van der Waals surface area contributed by atoms with Crippen LogP contribution in [0.15, 0.2) is 47.7 Å². The molecule has 1 aliphatic rings. The van der Waals surface area contributed by atoms with Crippen LogP contribution in [0.3, 0.4) is 0 Å². The Hall–Kier alpha value is -2.49. The monoisotopic (exact) mass is 466 g/mol. The van der Waals surface area contributed by atoms with Crippen molar-refractivity contribution in [2.75, 3.05) is 0 Å². The first-order valence-corrected chi connectivity index (χ1v) is 13.4. The molecule has 0 spiro atoms. The zero-order chi connectivity index (χ0) is 24.6. The first-order valence-electron chi connectivity index (χ1n) is 13.4. The van der Waals surface area contributed by atoms with Gasteiger partial charge in [-0.15, -0.1) is 0 Å². The predicted molar refractivity (Wildman–Crippen MR) is 138 cm³/mol. The lowest BCUT2D eigenvalue weighted by Crippen LogP contribution is -2.24. The Kier molecular flexibility index (Phi) is 13.2. The standard InChI is InChI=1S/C30H42O4/c1-3-5-7-9-10-11-12-13-15-16-22-26-28(32)24-20-18-19-21-25(24)29(33)30(26)34-27(31)23-17-14-8-6-4-2/h16,18-22H,3-15,17,23H2,1-2H3. The van der Waals surface area contributed by atoms with Crippen molar-refractivity contribution in [2.45, 2.75) is 110 Å². The second-order valence-corrected chi connectivity index (χ2v) is 9.25. The lowest BCUT2D eigenvalue weighted by molar-refractivity contribution is -0.139. The molecular formula is C30H42O4. The van der Waals surface area contributed by atoms with Crippen LogP contribution in [0.2, 0.25) is 0 Å². The molecule has 0 saturated carbocycles. The predicted octanol–water partition coefficient (Wildman–Crippen LogP) is 8.31. The van der Waals surface area contributed by atoms with Crippen LogP contribution in [0, 0.1) is 0 Å². The fourth-order valence-electron chi connectivity index (χ4n) is 4.26. The second-order valence-electron chi connectivity index (χ2n) is 9.25. The molecule has 1 aromatic carbocycles. The summed E-state index contributed by atoms with van der Waals surface area (Å²) in [4.78, 5) is 38.7. The number of fused-ring (bicyclic) bond motifs is 1. The van der Waals surface area contributed by atoms with Gasteiger partial charge in [-0.2, -0.15) is 0 Å². The number of allylic oxidation sites excluding steroid dienone is 4. The van der Waals surface area contributed by atoms with Crippen LogP contribution in [-0.4, -0.2) is 17.5 Å². The second kappa shape index (κ2) is 16.2. The Morgan fingerprint density at radius 1 is 0.735 bits per heavy atom. The third-order valence-electron chi connectivity index (χ3n) is 6.32. The van der Waals surface area contributed by atoms with Crippen LogP contribution in [0.4, 0.5) is 0 Å². The average Bonchev–Trinajstić information content (AvgIpc) is 2.85. The molecule has 0 amide bonds. The Morgan fingerprint density at radius 2 is 1.26 bits per heavy atom. The van der Waals surface area contributed by atoms with E-state index in [1.807, 2.05) is 6.08 Å². The third-order valence-corrected chi connectivity index (χ3v) is 6.32. The van der Waals surface area contributed by atoms with Gasteiger partial charge in [-0.1, -0.05) is 121 Å². The Balaban J connectivity index is 1.98. The summed E-state index contributed by atoms with van der Waals surface area (Å²) in [6.07, 6.45) is 19.7. The third kappa shape index (κ3) is 9.04. The fourth-order valence-corrected chi connectivity index (χ4v) is 4.26. The molecule has 4 heteroatoms. The quantitative estimate of drug-likeness (QED) is 0.171.